The average molecular weight is 421 g/mol. The number of carbonyl (C=O) groups is 2. The van der Waals surface area contributed by atoms with Crippen LogP contribution in [0.2, 0.25) is 0 Å². The molecule has 0 bridgehead atoms. The van der Waals surface area contributed by atoms with Crippen LogP contribution in [-0.2, 0) is 5.41 Å². The first-order valence-electron chi connectivity index (χ1n) is 9.78. The van der Waals surface area contributed by atoms with E-state index in [0.717, 1.165) is 18.7 Å². The molecular formula is C23H24FN5O2. The molecule has 31 heavy (non-hydrogen) atoms. The third-order valence-corrected chi connectivity index (χ3v) is 5.02. The number of carbonyl (C=O) groups excluding carboxylic acids is 2. The Morgan fingerprint density at radius 1 is 1.16 bits per heavy atom. The zero-order valence-electron chi connectivity index (χ0n) is 17.4. The highest BCUT2D eigenvalue weighted by atomic mass is 19.1. The standard InChI is InChI=1S/C17H18FN3O.C6H6N2O/c1-17(2)7-9-19-14-10-11(5-6-13(14)17)21-16(22)12-4-3-8-20-15(12)18;7-6(9)5-2-1-3-8-4-5/h3-6,8,10,19H,7,9H2,1-2H3,(H,21,22);1-4H,(H2,7,9). The van der Waals surface area contributed by atoms with Crippen LogP contribution in [0, 0.1) is 5.95 Å². The Bertz CT molecular complexity index is 1090. The lowest BCUT2D eigenvalue weighted by Crippen LogP contribution is -2.28. The number of rotatable bonds is 3. The third kappa shape index (κ3) is 5.42. The molecule has 0 spiro atoms. The van der Waals surface area contributed by atoms with Crippen LogP contribution in [0.3, 0.4) is 0 Å². The molecule has 0 radical (unpaired) electrons. The van der Waals surface area contributed by atoms with Gasteiger partial charge in [-0.15, -0.1) is 0 Å². The largest absolute Gasteiger partial charge is 0.385 e. The molecule has 0 saturated carbocycles. The van der Waals surface area contributed by atoms with Gasteiger partial charge in [0.05, 0.1) is 11.1 Å². The van der Waals surface area contributed by atoms with Gasteiger partial charge in [-0.05, 0) is 53.8 Å². The zero-order valence-corrected chi connectivity index (χ0v) is 17.4. The normalized spacial score (nSPS) is 13.6. The Kier molecular flexibility index (Phi) is 6.59. The van der Waals surface area contributed by atoms with Crippen LogP contribution in [-0.4, -0.2) is 28.3 Å². The minimum absolute atomic E-state index is 0.0616. The molecule has 2 aromatic heterocycles. The number of nitrogens with one attached hydrogen (secondary N) is 2. The van der Waals surface area contributed by atoms with Crippen molar-refractivity contribution >= 4 is 23.2 Å². The van der Waals surface area contributed by atoms with Crippen molar-refractivity contribution in [1.29, 1.82) is 0 Å². The second kappa shape index (κ2) is 9.34. The first-order chi connectivity index (χ1) is 14.8. The summed E-state index contributed by atoms with van der Waals surface area (Å²) in [6.45, 7) is 5.31. The molecule has 0 unspecified atom stereocenters. The van der Waals surface area contributed by atoms with Crippen LogP contribution in [0.25, 0.3) is 0 Å². The Labute approximate surface area is 179 Å². The van der Waals surface area contributed by atoms with Gasteiger partial charge in [0.15, 0.2) is 0 Å². The maximum absolute atomic E-state index is 13.5. The summed E-state index contributed by atoms with van der Waals surface area (Å²) in [6.07, 6.45) is 5.40. The van der Waals surface area contributed by atoms with Gasteiger partial charge >= 0.3 is 0 Å². The van der Waals surface area contributed by atoms with Crippen molar-refractivity contribution in [2.45, 2.75) is 25.7 Å². The molecule has 4 N–H and O–H groups in total. The van der Waals surface area contributed by atoms with Crippen LogP contribution in [0.1, 0.15) is 46.5 Å². The molecule has 0 saturated heterocycles. The molecular weight excluding hydrogens is 397 g/mol. The van der Waals surface area contributed by atoms with E-state index >= 15 is 0 Å². The van der Waals surface area contributed by atoms with E-state index < -0.39 is 17.8 Å². The van der Waals surface area contributed by atoms with E-state index in [4.69, 9.17) is 5.73 Å². The topological polar surface area (TPSA) is 110 Å². The van der Waals surface area contributed by atoms with Crippen LogP contribution >= 0.6 is 0 Å². The van der Waals surface area contributed by atoms with Gasteiger partial charge in [-0.2, -0.15) is 4.39 Å². The first-order valence-corrected chi connectivity index (χ1v) is 9.78. The van der Waals surface area contributed by atoms with E-state index in [0.29, 0.717) is 11.3 Å². The fraction of sp³-hybridized carbons (Fsp3) is 0.217. The van der Waals surface area contributed by atoms with Crippen molar-refractivity contribution < 1.29 is 14.0 Å². The zero-order chi connectivity index (χ0) is 22.4. The maximum atomic E-state index is 13.5. The van der Waals surface area contributed by atoms with Crippen LogP contribution in [0.15, 0.2) is 61.1 Å². The summed E-state index contributed by atoms with van der Waals surface area (Å²) in [5, 5.41) is 6.06. The molecule has 0 aliphatic carbocycles. The fourth-order valence-electron chi connectivity index (χ4n) is 3.27. The minimum atomic E-state index is -0.766. The van der Waals surface area contributed by atoms with Crippen molar-refractivity contribution in [2.75, 3.05) is 17.2 Å². The molecule has 0 atom stereocenters. The molecule has 3 aromatic rings. The highest BCUT2D eigenvalue weighted by Gasteiger charge is 2.27. The molecule has 0 fully saturated rings. The van der Waals surface area contributed by atoms with Gasteiger partial charge in [0.1, 0.15) is 0 Å². The number of nitrogens with zero attached hydrogens (tertiary/aromatic N) is 2. The molecule has 2 amide bonds. The monoisotopic (exact) mass is 421 g/mol. The second-order valence-electron chi connectivity index (χ2n) is 7.72. The van der Waals surface area contributed by atoms with Gasteiger partial charge in [0, 0.05) is 36.5 Å². The summed E-state index contributed by atoms with van der Waals surface area (Å²) in [5.41, 5.74) is 8.30. The van der Waals surface area contributed by atoms with Crippen molar-refractivity contribution in [1.82, 2.24) is 9.97 Å². The first kappa shape index (κ1) is 21.9. The Morgan fingerprint density at radius 3 is 2.58 bits per heavy atom. The number of pyridine rings is 2. The second-order valence-corrected chi connectivity index (χ2v) is 7.72. The number of fused-ring (bicyclic) bond motifs is 1. The number of aromatic nitrogens is 2. The predicted octanol–water partition coefficient (Wildman–Crippen LogP) is 3.75. The smallest absolute Gasteiger partial charge is 0.260 e. The number of anilines is 2. The molecule has 1 aliphatic rings. The summed E-state index contributed by atoms with van der Waals surface area (Å²) in [7, 11) is 0. The van der Waals surface area contributed by atoms with Gasteiger partial charge in [0.2, 0.25) is 11.9 Å². The van der Waals surface area contributed by atoms with Crippen molar-refractivity contribution in [2.24, 2.45) is 5.73 Å². The number of amides is 2. The maximum Gasteiger partial charge on any atom is 0.260 e. The number of primary amides is 1. The summed E-state index contributed by atoms with van der Waals surface area (Å²) >= 11 is 0. The Morgan fingerprint density at radius 2 is 1.94 bits per heavy atom. The summed E-state index contributed by atoms with van der Waals surface area (Å²) < 4.78 is 13.5. The van der Waals surface area contributed by atoms with Crippen molar-refractivity contribution in [3.05, 3.63) is 83.7 Å². The lowest BCUT2D eigenvalue weighted by Gasteiger charge is -2.33. The number of halogens is 1. The lowest BCUT2D eigenvalue weighted by atomic mass is 9.78. The van der Waals surface area contributed by atoms with Crippen molar-refractivity contribution in [3.63, 3.8) is 0 Å². The number of benzene rings is 1. The molecule has 1 aliphatic heterocycles. The Balaban J connectivity index is 0.000000254. The van der Waals surface area contributed by atoms with E-state index in [1.165, 1.54) is 30.1 Å². The Hall–Kier alpha value is -3.81. The summed E-state index contributed by atoms with van der Waals surface area (Å²) in [6, 6.07) is 12.0. The lowest BCUT2D eigenvalue weighted by molar-refractivity contribution is 0.0996. The fourth-order valence-corrected chi connectivity index (χ4v) is 3.27. The van der Waals surface area contributed by atoms with Gasteiger partial charge in [-0.3, -0.25) is 14.6 Å². The van der Waals surface area contributed by atoms with E-state index in [2.05, 4.69) is 34.4 Å². The molecule has 3 heterocycles. The SMILES string of the molecule is CC1(C)CCNc2cc(NC(=O)c3cccnc3F)ccc21.NC(=O)c1cccnc1. The molecule has 1 aromatic carbocycles. The van der Waals surface area contributed by atoms with Gasteiger partial charge in [-0.25, -0.2) is 4.98 Å². The van der Waals surface area contributed by atoms with Gasteiger partial charge < -0.3 is 16.4 Å². The van der Waals surface area contributed by atoms with Crippen LogP contribution in [0.4, 0.5) is 15.8 Å². The summed E-state index contributed by atoms with van der Waals surface area (Å²) in [5.74, 6) is -1.71. The van der Waals surface area contributed by atoms with Crippen molar-refractivity contribution in [3.8, 4) is 0 Å². The summed E-state index contributed by atoms with van der Waals surface area (Å²) in [4.78, 5) is 29.7. The number of nitrogens with two attached hydrogens (primary N) is 1. The van der Waals surface area contributed by atoms with E-state index in [1.54, 1.807) is 18.3 Å². The highest BCUT2D eigenvalue weighted by molar-refractivity contribution is 6.04. The average Bonchev–Trinajstić information content (AvgIpc) is 2.75. The highest BCUT2D eigenvalue weighted by Crippen LogP contribution is 2.37. The van der Waals surface area contributed by atoms with E-state index in [9.17, 15) is 14.0 Å². The molecule has 4 rings (SSSR count). The van der Waals surface area contributed by atoms with E-state index in [-0.39, 0.29) is 11.0 Å². The van der Waals surface area contributed by atoms with Crippen LogP contribution < -0.4 is 16.4 Å². The quantitative estimate of drug-likeness (QED) is 0.558. The van der Waals surface area contributed by atoms with E-state index in [1.807, 2.05) is 18.2 Å². The van der Waals surface area contributed by atoms with Crippen LogP contribution in [0.5, 0.6) is 0 Å². The molecule has 7 nitrogen and oxygen atoms in total. The van der Waals surface area contributed by atoms with Gasteiger partial charge in [-0.1, -0.05) is 19.9 Å². The molecule has 160 valence electrons. The number of hydrogen-bond acceptors (Lipinski definition) is 5. The predicted molar refractivity (Wildman–Crippen MR) is 117 cm³/mol. The molecule has 8 heteroatoms. The minimum Gasteiger partial charge on any atom is -0.385 e. The van der Waals surface area contributed by atoms with Gasteiger partial charge in [0.25, 0.3) is 5.91 Å². The number of hydrogen-bond donors (Lipinski definition) is 3. The third-order valence-electron chi connectivity index (χ3n) is 5.02.